The summed E-state index contributed by atoms with van der Waals surface area (Å²) in [5.74, 6) is -0.882. The lowest BCUT2D eigenvalue weighted by Gasteiger charge is -2.26. The SMILES string of the molecule is CCN(C(C)CC(=O)O)S(=O)(=O)CC(C)C. The molecule has 0 bridgehead atoms. The summed E-state index contributed by atoms with van der Waals surface area (Å²) in [6, 6.07) is -0.494. The summed E-state index contributed by atoms with van der Waals surface area (Å²) < 4.78 is 25.1. The van der Waals surface area contributed by atoms with Crippen LogP contribution in [0.2, 0.25) is 0 Å². The number of carbonyl (C=O) groups is 1. The normalized spacial score (nSPS) is 14.4. The summed E-state index contributed by atoms with van der Waals surface area (Å²) in [7, 11) is -3.35. The molecule has 0 aliphatic carbocycles. The molecule has 96 valence electrons. The van der Waals surface area contributed by atoms with Crippen molar-refractivity contribution >= 4 is 16.0 Å². The molecule has 0 radical (unpaired) electrons. The zero-order chi connectivity index (χ0) is 12.9. The van der Waals surface area contributed by atoms with Crippen molar-refractivity contribution in [2.24, 2.45) is 5.92 Å². The average Bonchev–Trinajstić information content (AvgIpc) is 1.99. The van der Waals surface area contributed by atoms with E-state index in [1.165, 1.54) is 4.31 Å². The number of rotatable bonds is 7. The van der Waals surface area contributed by atoms with Crippen LogP contribution in [0.1, 0.15) is 34.1 Å². The maximum atomic E-state index is 11.9. The van der Waals surface area contributed by atoms with Crippen molar-refractivity contribution in [3.05, 3.63) is 0 Å². The molecule has 0 rings (SSSR count). The maximum absolute atomic E-state index is 11.9. The van der Waals surface area contributed by atoms with Gasteiger partial charge in [-0.2, -0.15) is 4.31 Å². The van der Waals surface area contributed by atoms with Gasteiger partial charge in [0.2, 0.25) is 10.0 Å². The van der Waals surface area contributed by atoms with Crippen molar-refractivity contribution in [1.29, 1.82) is 0 Å². The van der Waals surface area contributed by atoms with Gasteiger partial charge in [0.15, 0.2) is 0 Å². The Morgan fingerprint density at radius 3 is 2.12 bits per heavy atom. The molecule has 16 heavy (non-hydrogen) atoms. The van der Waals surface area contributed by atoms with Crippen LogP contribution in [0.25, 0.3) is 0 Å². The van der Waals surface area contributed by atoms with Crippen molar-refractivity contribution in [3.63, 3.8) is 0 Å². The van der Waals surface area contributed by atoms with Crippen molar-refractivity contribution in [1.82, 2.24) is 4.31 Å². The summed E-state index contributed by atoms with van der Waals surface area (Å²) in [6.07, 6.45) is -0.162. The molecule has 5 nitrogen and oxygen atoms in total. The van der Waals surface area contributed by atoms with E-state index in [1.807, 2.05) is 13.8 Å². The Hall–Kier alpha value is -0.620. The lowest BCUT2D eigenvalue weighted by Crippen LogP contribution is -2.41. The topological polar surface area (TPSA) is 74.7 Å². The van der Waals surface area contributed by atoms with Crippen LogP contribution in [0.5, 0.6) is 0 Å². The van der Waals surface area contributed by atoms with Gasteiger partial charge in [0.25, 0.3) is 0 Å². The number of aliphatic carboxylic acids is 1. The molecule has 0 aromatic heterocycles. The zero-order valence-electron chi connectivity index (χ0n) is 10.3. The number of sulfonamides is 1. The molecule has 0 aromatic carbocycles. The largest absolute Gasteiger partial charge is 0.481 e. The second-order valence-electron chi connectivity index (χ2n) is 4.32. The highest BCUT2D eigenvalue weighted by Gasteiger charge is 2.27. The second kappa shape index (κ2) is 6.20. The van der Waals surface area contributed by atoms with E-state index in [4.69, 9.17) is 5.11 Å². The molecule has 0 aromatic rings. The first-order valence-corrected chi connectivity index (χ1v) is 7.03. The van der Waals surface area contributed by atoms with Crippen LogP contribution < -0.4 is 0 Å². The maximum Gasteiger partial charge on any atom is 0.304 e. The molecule has 0 aliphatic heterocycles. The highest BCUT2D eigenvalue weighted by molar-refractivity contribution is 7.89. The first-order chi connectivity index (χ1) is 7.20. The Morgan fingerprint density at radius 1 is 1.31 bits per heavy atom. The molecule has 0 saturated heterocycles. The zero-order valence-corrected chi connectivity index (χ0v) is 11.1. The highest BCUT2D eigenvalue weighted by Crippen LogP contribution is 2.13. The number of carboxylic acid groups (broad SMARTS) is 1. The van der Waals surface area contributed by atoms with Crippen molar-refractivity contribution < 1.29 is 18.3 Å². The number of hydrogen-bond donors (Lipinski definition) is 1. The van der Waals surface area contributed by atoms with Crippen LogP contribution in [-0.4, -0.2) is 42.1 Å². The highest BCUT2D eigenvalue weighted by atomic mass is 32.2. The molecule has 0 aliphatic rings. The van der Waals surface area contributed by atoms with Crippen LogP contribution in [0.4, 0.5) is 0 Å². The van der Waals surface area contributed by atoms with E-state index in [9.17, 15) is 13.2 Å². The number of carboxylic acids is 1. The Morgan fingerprint density at radius 2 is 1.81 bits per heavy atom. The van der Waals surface area contributed by atoms with Gasteiger partial charge in [0, 0.05) is 12.6 Å². The van der Waals surface area contributed by atoms with Gasteiger partial charge in [-0.1, -0.05) is 20.8 Å². The molecular weight excluding hydrogens is 230 g/mol. The third kappa shape index (κ3) is 4.94. The van der Waals surface area contributed by atoms with E-state index in [1.54, 1.807) is 13.8 Å². The average molecular weight is 251 g/mol. The van der Waals surface area contributed by atoms with E-state index >= 15 is 0 Å². The summed E-state index contributed by atoms with van der Waals surface area (Å²) >= 11 is 0. The molecule has 0 saturated carbocycles. The van der Waals surface area contributed by atoms with E-state index in [2.05, 4.69) is 0 Å². The Balaban J connectivity index is 4.77. The van der Waals surface area contributed by atoms with Crippen LogP contribution >= 0.6 is 0 Å². The monoisotopic (exact) mass is 251 g/mol. The Labute approximate surface area is 97.5 Å². The fourth-order valence-corrected chi connectivity index (χ4v) is 3.70. The van der Waals surface area contributed by atoms with Crippen molar-refractivity contribution in [3.8, 4) is 0 Å². The van der Waals surface area contributed by atoms with Crippen LogP contribution in [0.3, 0.4) is 0 Å². The van der Waals surface area contributed by atoms with Crippen LogP contribution in [0, 0.1) is 5.92 Å². The molecule has 6 heteroatoms. The predicted octanol–water partition coefficient (Wildman–Crippen LogP) is 1.16. The Bertz CT molecular complexity index is 324. The fourth-order valence-electron chi connectivity index (χ4n) is 1.65. The van der Waals surface area contributed by atoms with Gasteiger partial charge in [-0.15, -0.1) is 0 Å². The lowest BCUT2D eigenvalue weighted by atomic mass is 10.2. The molecular formula is C10H21NO4S. The van der Waals surface area contributed by atoms with Crippen molar-refractivity contribution in [2.45, 2.75) is 40.2 Å². The smallest absolute Gasteiger partial charge is 0.304 e. The third-order valence-electron chi connectivity index (χ3n) is 2.17. The van der Waals surface area contributed by atoms with E-state index in [-0.39, 0.29) is 18.1 Å². The van der Waals surface area contributed by atoms with Gasteiger partial charge < -0.3 is 5.11 Å². The van der Waals surface area contributed by atoms with Crippen LogP contribution in [-0.2, 0) is 14.8 Å². The van der Waals surface area contributed by atoms with E-state index in [0.717, 1.165) is 0 Å². The molecule has 0 spiro atoms. The molecule has 1 atom stereocenters. The first-order valence-electron chi connectivity index (χ1n) is 5.42. The predicted molar refractivity (Wildman–Crippen MR) is 62.7 cm³/mol. The minimum absolute atomic E-state index is 0.0380. The molecule has 0 heterocycles. The van der Waals surface area contributed by atoms with Gasteiger partial charge in [-0.3, -0.25) is 4.79 Å². The number of hydrogen-bond acceptors (Lipinski definition) is 3. The van der Waals surface area contributed by atoms with E-state index < -0.39 is 22.0 Å². The molecule has 0 amide bonds. The minimum Gasteiger partial charge on any atom is -0.481 e. The molecule has 1 N–H and O–H groups in total. The van der Waals surface area contributed by atoms with Crippen molar-refractivity contribution in [2.75, 3.05) is 12.3 Å². The lowest BCUT2D eigenvalue weighted by molar-refractivity contribution is -0.137. The van der Waals surface area contributed by atoms with Gasteiger partial charge >= 0.3 is 5.97 Å². The quantitative estimate of drug-likeness (QED) is 0.736. The molecule has 0 fully saturated rings. The fraction of sp³-hybridized carbons (Fsp3) is 0.900. The summed E-state index contributed by atoms with van der Waals surface area (Å²) in [5, 5.41) is 8.65. The summed E-state index contributed by atoms with van der Waals surface area (Å²) in [4.78, 5) is 10.6. The molecule has 1 unspecified atom stereocenters. The standard InChI is InChI=1S/C10H21NO4S/c1-5-11(9(4)6-10(12)13)16(14,15)7-8(2)3/h8-9H,5-7H2,1-4H3,(H,12,13). The van der Waals surface area contributed by atoms with E-state index in [0.29, 0.717) is 6.54 Å². The second-order valence-corrected chi connectivity index (χ2v) is 6.29. The minimum atomic E-state index is -3.35. The van der Waals surface area contributed by atoms with Gasteiger partial charge in [-0.05, 0) is 12.8 Å². The summed E-state index contributed by atoms with van der Waals surface area (Å²) in [5.41, 5.74) is 0. The summed E-state index contributed by atoms with van der Waals surface area (Å²) in [6.45, 7) is 7.30. The van der Waals surface area contributed by atoms with Crippen LogP contribution in [0.15, 0.2) is 0 Å². The third-order valence-corrected chi connectivity index (χ3v) is 4.60. The van der Waals surface area contributed by atoms with Gasteiger partial charge in [0.05, 0.1) is 12.2 Å². The first kappa shape index (κ1) is 15.4. The Kier molecular flexibility index (Phi) is 5.96. The van der Waals surface area contributed by atoms with Gasteiger partial charge in [0.1, 0.15) is 0 Å². The number of nitrogens with zero attached hydrogens (tertiary/aromatic N) is 1. The van der Waals surface area contributed by atoms with Gasteiger partial charge in [-0.25, -0.2) is 8.42 Å².